The highest BCUT2D eigenvalue weighted by molar-refractivity contribution is 5.90. The van der Waals surface area contributed by atoms with E-state index in [9.17, 15) is 4.79 Å². The monoisotopic (exact) mass is 319 g/mol. The maximum atomic E-state index is 11.9. The number of hydrogen-bond donors (Lipinski definition) is 3. The first-order chi connectivity index (χ1) is 11.0. The summed E-state index contributed by atoms with van der Waals surface area (Å²) in [5, 5.41) is 9.14. The Balaban J connectivity index is 2.34. The van der Waals surface area contributed by atoms with E-state index in [0.717, 1.165) is 31.0 Å². The van der Waals surface area contributed by atoms with Crippen molar-refractivity contribution in [2.24, 2.45) is 10.9 Å². The third-order valence-electron chi connectivity index (χ3n) is 3.14. The number of aryl methyl sites for hydroxylation is 1. The SMILES string of the molecule is CCNC(=NCCC(C)C)NCCC(=O)Nc1ccc(C)cn1. The number of aromatic nitrogens is 1. The Morgan fingerprint density at radius 2 is 2.09 bits per heavy atom. The van der Waals surface area contributed by atoms with Gasteiger partial charge in [-0.3, -0.25) is 9.79 Å². The Morgan fingerprint density at radius 3 is 2.70 bits per heavy atom. The van der Waals surface area contributed by atoms with Gasteiger partial charge in [-0.1, -0.05) is 19.9 Å². The quantitative estimate of drug-likeness (QED) is 0.507. The van der Waals surface area contributed by atoms with Crippen LogP contribution in [-0.2, 0) is 4.79 Å². The number of amides is 1. The van der Waals surface area contributed by atoms with Crippen LogP contribution < -0.4 is 16.0 Å². The van der Waals surface area contributed by atoms with Gasteiger partial charge in [-0.05, 0) is 37.8 Å². The van der Waals surface area contributed by atoms with Gasteiger partial charge >= 0.3 is 0 Å². The lowest BCUT2D eigenvalue weighted by molar-refractivity contribution is -0.116. The summed E-state index contributed by atoms with van der Waals surface area (Å²) >= 11 is 0. The fraction of sp³-hybridized carbons (Fsp3) is 0.588. The number of carbonyl (C=O) groups excluding carboxylic acids is 1. The van der Waals surface area contributed by atoms with Crippen molar-refractivity contribution in [2.45, 2.75) is 40.5 Å². The van der Waals surface area contributed by atoms with Gasteiger partial charge in [-0.25, -0.2) is 4.98 Å². The molecule has 1 heterocycles. The smallest absolute Gasteiger partial charge is 0.227 e. The van der Waals surface area contributed by atoms with Crippen LogP contribution in [0.1, 0.15) is 39.2 Å². The largest absolute Gasteiger partial charge is 0.357 e. The summed E-state index contributed by atoms with van der Waals surface area (Å²) in [6.45, 7) is 10.5. The summed E-state index contributed by atoms with van der Waals surface area (Å²) in [5.74, 6) is 1.91. The predicted octanol–water partition coefficient (Wildman–Crippen LogP) is 2.32. The van der Waals surface area contributed by atoms with E-state index in [0.29, 0.717) is 24.7 Å². The maximum absolute atomic E-state index is 11.9. The summed E-state index contributed by atoms with van der Waals surface area (Å²) < 4.78 is 0. The zero-order valence-electron chi connectivity index (χ0n) is 14.6. The summed E-state index contributed by atoms with van der Waals surface area (Å²) in [6, 6.07) is 3.73. The molecule has 0 saturated heterocycles. The molecule has 0 aliphatic carbocycles. The fourth-order valence-electron chi connectivity index (χ4n) is 1.82. The zero-order chi connectivity index (χ0) is 17.1. The molecule has 0 atom stereocenters. The molecule has 1 aromatic rings. The molecule has 0 saturated carbocycles. The van der Waals surface area contributed by atoms with E-state index in [1.807, 2.05) is 19.9 Å². The molecule has 0 radical (unpaired) electrons. The van der Waals surface area contributed by atoms with Gasteiger partial charge in [0.25, 0.3) is 0 Å². The molecule has 0 aromatic carbocycles. The molecule has 3 N–H and O–H groups in total. The molecule has 1 rings (SSSR count). The summed E-state index contributed by atoms with van der Waals surface area (Å²) in [6.07, 6.45) is 3.15. The molecular formula is C17H29N5O. The molecule has 0 unspecified atom stereocenters. The van der Waals surface area contributed by atoms with Crippen molar-refractivity contribution >= 4 is 17.7 Å². The second-order valence-corrected chi connectivity index (χ2v) is 5.89. The number of carbonyl (C=O) groups is 1. The molecule has 6 heteroatoms. The maximum Gasteiger partial charge on any atom is 0.227 e. The van der Waals surface area contributed by atoms with E-state index in [1.54, 1.807) is 12.3 Å². The predicted molar refractivity (Wildman–Crippen MR) is 95.7 cm³/mol. The van der Waals surface area contributed by atoms with Crippen LogP contribution in [0.4, 0.5) is 5.82 Å². The lowest BCUT2D eigenvalue weighted by atomic mass is 10.1. The van der Waals surface area contributed by atoms with E-state index in [1.165, 1.54) is 0 Å². The van der Waals surface area contributed by atoms with Crippen molar-refractivity contribution < 1.29 is 4.79 Å². The number of rotatable bonds is 8. The zero-order valence-corrected chi connectivity index (χ0v) is 14.6. The minimum atomic E-state index is -0.0631. The highest BCUT2D eigenvalue weighted by atomic mass is 16.1. The van der Waals surface area contributed by atoms with Gasteiger partial charge in [-0.2, -0.15) is 0 Å². The third-order valence-corrected chi connectivity index (χ3v) is 3.14. The van der Waals surface area contributed by atoms with Crippen LogP contribution in [0, 0.1) is 12.8 Å². The van der Waals surface area contributed by atoms with E-state index in [2.05, 4.69) is 39.8 Å². The second kappa shape index (κ2) is 10.6. The number of hydrogen-bond acceptors (Lipinski definition) is 3. The number of nitrogens with zero attached hydrogens (tertiary/aromatic N) is 2. The molecule has 0 fully saturated rings. The van der Waals surface area contributed by atoms with E-state index >= 15 is 0 Å². The molecule has 23 heavy (non-hydrogen) atoms. The number of pyridine rings is 1. The van der Waals surface area contributed by atoms with Crippen LogP contribution in [0.2, 0.25) is 0 Å². The molecule has 1 amide bonds. The molecule has 128 valence electrons. The molecule has 0 spiro atoms. The van der Waals surface area contributed by atoms with Crippen LogP contribution in [0.15, 0.2) is 23.3 Å². The fourth-order valence-corrected chi connectivity index (χ4v) is 1.82. The van der Waals surface area contributed by atoms with Gasteiger partial charge in [0.2, 0.25) is 5.91 Å². The minimum Gasteiger partial charge on any atom is -0.357 e. The lowest BCUT2D eigenvalue weighted by Gasteiger charge is -2.11. The molecular weight excluding hydrogens is 290 g/mol. The van der Waals surface area contributed by atoms with Gasteiger partial charge < -0.3 is 16.0 Å². The number of guanidine groups is 1. The summed E-state index contributed by atoms with van der Waals surface area (Å²) in [5.41, 5.74) is 1.07. The second-order valence-electron chi connectivity index (χ2n) is 5.89. The normalized spacial score (nSPS) is 11.4. The highest BCUT2D eigenvalue weighted by Crippen LogP contribution is 2.04. The van der Waals surface area contributed by atoms with E-state index < -0.39 is 0 Å². The first-order valence-electron chi connectivity index (χ1n) is 8.26. The Labute approximate surface area is 139 Å². The molecule has 6 nitrogen and oxygen atoms in total. The van der Waals surface area contributed by atoms with Crippen LogP contribution >= 0.6 is 0 Å². The first kappa shape index (κ1) is 18.9. The van der Waals surface area contributed by atoms with Crippen LogP contribution in [-0.4, -0.2) is 36.5 Å². The summed E-state index contributed by atoms with van der Waals surface area (Å²) in [7, 11) is 0. The van der Waals surface area contributed by atoms with Crippen molar-refractivity contribution in [3.63, 3.8) is 0 Å². The van der Waals surface area contributed by atoms with Gasteiger partial charge in [0.15, 0.2) is 5.96 Å². The number of nitrogens with one attached hydrogen (secondary N) is 3. The van der Waals surface area contributed by atoms with Gasteiger partial charge in [0, 0.05) is 32.3 Å². The average Bonchev–Trinajstić information content (AvgIpc) is 2.49. The number of aliphatic imine (C=N–C) groups is 1. The van der Waals surface area contributed by atoms with Crippen molar-refractivity contribution in [1.82, 2.24) is 15.6 Å². The van der Waals surface area contributed by atoms with Crippen LogP contribution in [0.3, 0.4) is 0 Å². The van der Waals surface area contributed by atoms with Crippen LogP contribution in [0.25, 0.3) is 0 Å². The third kappa shape index (κ3) is 8.80. The van der Waals surface area contributed by atoms with Gasteiger partial charge in [0.1, 0.15) is 5.82 Å². The average molecular weight is 319 g/mol. The Hall–Kier alpha value is -2.11. The van der Waals surface area contributed by atoms with E-state index in [4.69, 9.17) is 0 Å². The topological polar surface area (TPSA) is 78.4 Å². The first-order valence-corrected chi connectivity index (χ1v) is 8.26. The number of anilines is 1. The molecule has 0 bridgehead atoms. The molecule has 1 aromatic heterocycles. The standard InChI is InChI=1S/C17H29N5O/c1-5-18-17(19-10-8-13(2)3)20-11-9-16(23)22-15-7-6-14(4)12-21-15/h6-7,12-13H,5,8-11H2,1-4H3,(H2,18,19,20)(H,21,22,23). The molecule has 0 aliphatic rings. The highest BCUT2D eigenvalue weighted by Gasteiger charge is 2.04. The Kier molecular flexibility index (Phi) is 8.72. The van der Waals surface area contributed by atoms with Crippen molar-refractivity contribution in [2.75, 3.05) is 25.0 Å². The Bertz CT molecular complexity index is 496. The van der Waals surface area contributed by atoms with E-state index in [-0.39, 0.29) is 5.91 Å². The van der Waals surface area contributed by atoms with Crippen molar-refractivity contribution in [1.29, 1.82) is 0 Å². The van der Waals surface area contributed by atoms with Gasteiger partial charge in [-0.15, -0.1) is 0 Å². The van der Waals surface area contributed by atoms with Crippen LogP contribution in [0.5, 0.6) is 0 Å². The minimum absolute atomic E-state index is 0.0631. The van der Waals surface area contributed by atoms with Crippen molar-refractivity contribution in [3.05, 3.63) is 23.9 Å². The summed E-state index contributed by atoms with van der Waals surface area (Å²) in [4.78, 5) is 20.5. The van der Waals surface area contributed by atoms with Gasteiger partial charge in [0.05, 0.1) is 0 Å². The molecule has 0 aliphatic heterocycles. The van der Waals surface area contributed by atoms with Crippen molar-refractivity contribution in [3.8, 4) is 0 Å². The Morgan fingerprint density at radius 1 is 1.30 bits per heavy atom. The lowest BCUT2D eigenvalue weighted by Crippen LogP contribution is -2.38.